The number of hydrogen-bond donors (Lipinski definition) is 1. The summed E-state index contributed by atoms with van der Waals surface area (Å²) in [5.74, 6) is -0.174. The zero-order valence-electron chi connectivity index (χ0n) is 18.5. The summed E-state index contributed by atoms with van der Waals surface area (Å²) in [5, 5.41) is 2.61. The summed E-state index contributed by atoms with van der Waals surface area (Å²) in [4.78, 5) is 40.4. The van der Waals surface area contributed by atoms with E-state index in [4.69, 9.17) is 9.47 Å². The number of likely N-dealkylation sites (N-methyl/N-ethyl adjacent to an activating group) is 1. The second-order valence-electron chi connectivity index (χ2n) is 7.71. The van der Waals surface area contributed by atoms with E-state index >= 15 is 0 Å². The van der Waals surface area contributed by atoms with Crippen LogP contribution in [0.4, 0.5) is 9.18 Å². The molecule has 1 aliphatic heterocycles. The number of amides is 4. The van der Waals surface area contributed by atoms with Crippen molar-refractivity contribution in [3.8, 4) is 11.5 Å². The number of benzene rings is 2. The van der Waals surface area contributed by atoms with Crippen molar-refractivity contribution in [3.05, 3.63) is 59.4 Å². The average molecular weight is 443 g/mol. The fourth-order valence-electron chi connectivity index (χ4n) is 3.53. The van der Waals surface area contributed by atoms with Crippen molar-refractivity contribution in [2.75, 3.05) is 34.4 Å². The van der Waals surface area contributed by atoms with Crippen molar-refractivity contribution in [2.24, 2.45) is 0 Å². The van der Waals surface area contributed by atoms with Gasteiger partial charge in [-0.2, -0.15) is 0 Å². The van der Waals surface area contributed by atoms with E-state index in [2.05, 4.69) is 5.32 Å². The molecule has 0 spiro atoms. The third kappa shape index (κ3) is 4.51. The fraction of sp³-hybridized carbons (Fsp3) is 0.348. The van der Waals surface area contributed by atoms with Crippen molar-refractivity contribution in [1.29, 1.82) is 0 Å². The number of methoxy groups -OCH3 is 2. The predicted octanol–water partition coefficient (Wildman–Crippen LogP) is 2.31. The Balaban J connectivity index is 1.63. The van der Waals surface area contributed by atoms with Crippen LogP contribution in [0.15, 0.2) is 42.5 Å². The minimum atomic E-state index is -1.36. The molecular formula is C23H26FN3O5. The highest BCUT2D eigenvalue weighted by atomic mass is 19.1. The van der Waals surface area contributed by atoms with Gasteiger partial charge in [-0.05, 0) is 48.7 Å². The maximum Gasteiger partial charge on any atom is 0.325 e. The number of carbonyl (C=O) groups is 3. The van der Waals surface area contributed by atoms with Gasteiger partial charge in [0.15, 0.2) is 11.5 Å². The molecule has 1 N–H and O–H groups in total. The fourth-order valence-corrected chi connectivity index (χ4v) is 3.53. The maximum atomic E-state index is 13.2. The lowest BCUT2D eigenvalue weighted by molar-refractivity contribution is -0.138. The van der Waals surface area contributed by atoms with Crippen LogP contribution in [-0.4, -0.2) is 62.0 Å². The summed E-state index contributed by atoms with van der Waals surface area (Å²) in [5.41, 5.74) is 0.0266. The van der Waals surface area contributed by atoms with Gasteiger partial charge in [0, 0.05) is 13.6 Å². The Labute approximate surface area is 185 Å². The molecule has 170 valence electrons. The van der Waals surface area contributed by atoms with E-state index in [0.29, 0.717) is 30.0 Å². The lowest BCUT2D eigenvalue weighted by atomic mass is 9.92. The monoisotopic (exact) mass is 443 g/mol. The molecule has 1 atom stereocenters. The Kier molecular flexibility index (Phi) is 6.67. The second kappa shape index (κ2) is 9.25. The van der Waals surface area contributed by atoms with Gasteiger partial charge in [-0.15, -0.1) is 0 Å². The van der Waals surface area contributed by atoms with Crippen LogP contribution in [0.2, 0.25) is 0 Å². The second-order valence-corrected chi connectivity index (χ2v) is 7.71. The van der Waals surface area contributed by atoms with E-state index in [1.807, 2.05) is 12.1 Å². The first-order chi connectivity index (χ1) is 15.2. The number of nitrogens with zero attached hydrogens (tertiary/aromatic N) is 2. The van der Waals surface area contributed by atoms with Gasteiger partial charge in [-0.3, -0.25) is 14.5 Å². The van der Waals surface area contributed by atoms with Gasteiger partial charge < -0.3 is 19.7 Å². The Morgan fingerprint density at radius 3 is 2.38 bits per heavy atom. The standard InChI is InChI=1S/C23H26FN3O5/c1-23(16-6-8-17(24)9-7-16)21(29)27(22(30)25-23)14-20(28)26(2)12-11-15-5-10-18(31-3)19(13-15)32-4/h5-10,13H,11-12,14H2,1-4H3,(H,25,30). The highest BCUT2D eigenvalue weighted by Crippen LogP contribution is 2.29. The van der Waals surface area contributed by atoms with E-state index in [1.165, 1.54) is 36.1 Å². The maximum absolute atomic E-state index is 13.2. The molecule has 2 aromatic carbocycles. The van der Waals surface area contributed by atoms with Gasteiger partial charge in [-0.25, -0.2) is 9.18 Å². The first kappa shape index (κ1) is 23.1. The summed E-state index contributed by atoms with van der Waals surface area (Å²) >= 11 is 0. The van der Waals surface area contributed by atoms with Gasteiger partial charge in [-0.1, -0.05) is 18.2 Å². The van der Waals surface area contributed by atoms with Gasteiger partial charge >= 0.3 is 6.03 Å². The number of halogens is 1. The third-order valence-corrected chi connectivity index (χ3v) is 5.60. The first-order valence-corrected chi connectivity index (χ1v) is 10.0. The Hall–Kier alpha value is -3.62. The van der Waals surface area contributed by atoms with E-state index in [-0.39, 0.29) is 12.5 Å². The molecule has 2 aromatic rings. The number of hydrogen-bond acceptors (Lipinski definition) is 5. The summed E-state index contributed by atoms with van der Waals surface area (Å²) in [6, 6.07) is 10.2. The molecule has 0 bridgehead atoms. The quantitative estimate of drug-likeness (QED) is 0.633. The molecule has 1 fully saturated rings. The summed E-state index contributed by atoms with van der Waals surface area (Å²) in [7, 11) is 4.72. The topological polar surface area (TPSA) is 88.2 Å². The van der Waals surface area contributed by atoms with E-state index in [0.717, 1.165) is 10.5 Å². The smallest absolute Gasteiger partial charge is 0.325 e. The first-order valence-electron chi connectivity index (χ1n) is 10.0. The highest BCUT2D eigenvalue weighted by Gasteiger charge is 2.49. The van der Waals surface area contributed by atoms with E-state index < -0.39 is 23.3 Å². The average Bonchev–Trinajstić information content (AvgIpc) is 3.01. The van der Waals surface area contributed by atoms with Gasteiger partial charge in [0.05, 0.1) is 14.2 Å². The zero-order chi connectivity index (χ0) is 23.5. The van der Waals surface area contributed by atoms with Crippen molar-refractivity contribution in [2.45, 2.75) is 18.9 Å². The van der Waals surface area contributed by atoms with Gasteiger partial charge in [0.25, 0.3) is 5.91 Å². The molecule has 1 aliphatic rings. The van der Waals surface area contributed by atoms with E-state index in [9.17, 15) is 18.8 Å². The van der Waals surface area contributed by atoms with Crippen molar-refractivity contribution >= 4 is 17.8 Å². The van der Waals surface area contributed by atoms with Crippen molar-refractivity contribution < 1.29 is 28.2 Å². The van der Waals surface area contributed by atoms with E-state index in [1.54, 1.807) is 27.3 Å². The van der Waals surface area contributed by atoms with Crippen LogP contribution in [0, 0.1) is 5.82 Å². The van der Waals surface area contributed by atoms with Gasteiger partial charge in [0.2, 0.25) is 5.91 Å². The number of imide groups is 1. The molecule has 0 aliphatic carbocycles. The number of rotatable bonds is 8. The van der Waals surface area contributed by atoms with Crippen LogP contribution >= 0.6 is 0 Å². The molecule has 1 heterocycles. The molecule has 1 saturated heterocycles. The molecule has 0 radical (unpaired) electrons. The Morgan fingerprint density at radius 1 is 1.09 bits per heavy atom. The lowest BCUT2D eigenvalue weighted by Gasteiger charge is -2.23. The largest absolute Gasteiger partial charge is 0.493 e. The molecule has 4 amide bonds. The third-order valence-electron chi connectivity index (χ3n) is 5.60. The van der Waals surface area contributed by atoms with Crippen LogP contribution in [0.5, 0.6) is 11.5 Å². The summed E-state index contributed by atoms with van der Waals surface area (Å²) in [6.45, 7) is 1.53. The number of carbonyl (C=O) groups excluding carboxylic acids is 3. The molecule has 0 aromatic heterocycles. The van der Waals surface area contributed by atoms with Crippen LogP contribution in [0.25, 0.3) is 0 Å². The SMILES string of the molecule is COc1ccc(CCN(C)C(=O)CN2C(=O)NC(C)(c3ccc(F)cc3)C2=O)cc1OC. The van der Waals surface area contributed by atoms with Crippen LogP contribution in [0.1, 0.15) is 18.1 Å². The minimum absolute atomic E-state index is 0.377. The van der Waals surface area contributed by atoms with Gasteiger partial charge in [0.1, 0.15) is 17.9 Å². The summed E-state index contributed by atoms with van der Waals surface area (Å²) in [6.07, 6.45) is 0.552. The van der Waals surface area contributed by atoms with Crippen LogP contribution in [0.3, 0.4) is 0 Å². The van der Waals surface area contributed by atoms with Crippen LogP contribution < -0.4 is 14.8 Å². The number of nitrogens with one attached hydrogen (secondary N) is 1. The molecule has 9 heteroatoms. The normalized spacial score (nSPS) is 17.8. The predicted molar refractivity (Wildman–Crippen MR) is 115 cm³/mol. The lowest BCUT2D eigenvalue weighted by Crippen LogP contribution is -2.44. The Morgan fingerprint density at radius 2 is 1.75 bits per heavy atom. The molecular weight excluding hydrogens is 417 g/mol. The zero-order valence-corrected chi connectivity index (χ0v) is 18.5. The van der Waals surface area contributed by atoms with Crippen molar-refractivity contribution in [1.82, 2.24) is 15.1 Å². The molecule has 0 saturated carbocycles. The molecule has 1 unspecified atom stereocenters. The molecule has 32 heavy (non-hydrogen) atoms. The number of urea groups is 1. The Bertz CT molecular complexity index is 1030. The minimum Gasteiger partial charge on any atom is -0.493 e. The molecule has 8 nitrogen and oxygen atoms in total. The van der Waals surface area contributed by atoms with Crippen LogP contribution in [-0.2, 0) is 21.5 Å². The summed E-state index contributed by atoms with van der Waals surface area (Å²) < 4.78 is 23.8. The highest BCUT2D eigenvalue weighted by molar-refractivity contribution is 6.09. The van der Waals surface area contributed by atoms with Crippen molar-refractivity contribution in [3.63, 3.8) is 0 Å². The molecule has 3 rings (SSSR count). The number of ether oxygens (including phenoxy) is 2.